The van der Waals surface area contributed by atoms with Crippen LogP contribution in [0.5, 0.6) is 0 Å². The lowest BCUT2D eigenvalue weighted by molar-refractivity contribution is 0.0169. The van der Waals surface area contributed by atoms with Crippen molar-refractivity contribution in [1.82, 2.24) is 10.6 Å². The number of hydrogen-bond acceptors (Lipinski definition) is 3. The summed E-state index contributed by atoms with van der Waals surface area (Å²) in [5.74, 6) is 1.62. The van der Waals surface area contributed by atoms with Crippen molar-refractivity contribution in [2.24, 2.45) is 10.9 Å². The van der Waals surface area contributed by atoms with Crippen molar-refractivity contribution >= 4 is 17.3 Å². The molecular formula is C17H29N3OS. The first-order valence-electron chi connectivity index (χ1n) is 8.42. The molecule has 1 aromatic heterocycles. The monoisotopic (exact) mass is 323 g/mol. The average molecular weight is 324 g/mol. The van der Waals surface area contributed by atoms with Crippen LogP contribution in [0.1, 0.15) is 43.9 Å². The highest BCUT2D eigenvalue weighted by Crippen LogP contribution is 2.30. The van der Waals surface area contributed by atoms with Gasteiger partial charge in [0.15, 0.2) is 5.96 Å². The van der Waals surface area contributed by atoms with E-state index in [0.717, 1.165) is 38.0 Å². The Morgan fingerprint density at radius 1 is 1.41 bits per heavy atom. The molecule has 22 heavy (non-hydrogen) atoms. The summed E-state index contributed by atoms with van der Waals surface area (Å²) in [7, 11) is 1.82. The topological polar surface area (TPSA) is 45.6 Å². The number of thiophene rings is 1. The Morgan fingerprint density at radius 2 is 2.23 bits per heavy atom. The van der Waals surface area contributed by atoms with Crippen LogP contribution in [-0.2, 0) is 11.3 Å². The van der Waals surface area contributed by atoms with E-state index in [4.69, 9.17) is 4.74 Å². The van der Waals surface area contributed by atoms with E-state index in [-0.39, 0.29) is 0 Å². The molecule has 1 aliphatic rings. The zero-order valence-corrected chi connectivity index (χ0v) is 14.6. The van der Waals surface area contributed by atoms with Crippen LogP contribution in [0.15, 0.2) is 22.5 Å². The molecule has 0 spiro atoms. The van der Waals surface area contributed by atoms with E-state index in [0.29, 0.717) is 6.10 Å². The van der Waals surface area contributed by atoms with Gasteiger partial charge in [-0.05, 0) is 43.6 Å². The maximum absolute atomic E-state index is 5.96. The summed E-state index contributed by atoms with van der Waals surface area (Å²) in [4.78, 5) is 5.61. The molecule has 1 fully saturated rings. The molecule has 0 aliphatic heterocycles. The van der Waals surface area contributed by atoms with Crippen LogP contribution in [0, 0.1) is 5.92 Å². The van der Waals surface area contributed by atoms with Crippen LogP contribution in [-0.4, -0.2) is 32.3 Å². The number of ether oxygens (including phenoxy) is 1. The number of nitrogens with zero attached hydrogens (tertiary/aromatic N) is 1. The SMILES string of the molecule is CCOC(CCNC(=NC)NCc1cccs1)C1CCCC1. The zero-order chi connectivity index (χ0) is 15.6. The first-order valence-corrected chi connectivity index (χ1v) is 9.30. The van der Waals surface area contributed by atoms with Crippen LogP contribution in [0.4, 0.5) is 0 Å². The van der Waals surface area contributed by atoms with Crippen LogP contribution >= 0.6 is 11.3 Å². The van der Waals surface area contributed by atoms with Gasteiger partial charge in [-0.25, -0.2) is 0 Å². The quantitative estimate of drug-likeness (QED) is 0.569. The fraction of sp³-hybridized carbons (Fsp3) is 0.706. The van der Waals surface area contributed by atoms with Crippen molar-refractivity contribution in [2.75, 3.05) is 20.2 Å². The van der Waals surface area contributed by atoms with Gasteiger partial charge in [-0.3, -0.25) is 4.99 Å². The van der Waals surface area contributed by atoms with Crippen molar-refractivity contribution < 1.29 is 4.74 Å². The van der Waals surface area contributed by atoms with E-state index < -0.39 is 0 Å². The molecule has 1 saturated carbocycles. The molecule has 1 aliphatic carbocycles. The van der Waals surface area contributed by atoms with Gasteiger partial charge in [0.25, 0.3) is 0 Å². The predicted molar refractivity (Wildman–Crippen MR) is 94.5 cm³/mol. The number of rotatable bonds is 8. The minimum absolute atomic E-state index is 0.399. The molecule has 1 aromatic rings. The van der Waals surface area contributed by atoms with Crippen LogP contribution in [0.2, 0.25) is 0 Å². The summed E-state index contributed by atoms with van der Waals surface area (Å²) in [6, 6.07) is 4.21. The Kier molecular flexibility index (Phi) is 7.74. The fourth-order valence-corrected chi connectivity index (χ4v) is 3.78. The molecule has 1 atom stereocenters. The molecule has 0 amide bonds. The highest BCUT2D eigenvalue weighted by molar-refractivity contribution is 7.09. The second-order valence-electron chi connectivity index (χ2n) is 5.76. The maximum atomic E-state index is 5.96. The summed E-state index contributed by atoms with van der Waals surface area (Å²) >= 11 is 1.76. The summed E-state index contributed by atoms with van der Waals surface area (Å²) in [6.45, 7) is 4.64. The Morgan fingerprint density at radius 3 is 2.86 bits per heavy atom. The molecule has 0 bridgehead atoms. The van der Waals surface area contributed by atoms with Gasteiger partial charge in [0.1, 0.15) is 0 Å². The summed E-state index contributed by atoms with van der Waals surface area (Å²) in [5, 5.41) is 8.86. The van der Waals surface area contributed by atoms with Crippen molar-refractivity contribution in [3.8, 4) is 0 Å². The Balaban J connectivity index is 1.69. The maximum Gasteiger partial charge on any atom is 0.191 e. The van der Waals surface area contributed by atoms with Gasteiger partial charge in [-0.2, -0.15) is 0 Å². The molecule has 0 aromatic carbocycles. The normalized spacial score (nSPS) is 17.6. The lowest BCUT2D eigenvalue weighted by Crippen LogP contribution is -2.39. The molecule has 1 heterocycles. The number of aliphatic imine (C=N–C) groups is 1. The standard InChI is InChI=1S/C17H29N3OS/c1-3-21-16(14-7-4-5-8-14)10-11-19-17(18-2)20-13-15-9-6-12-22-15/h6,9,12,14,16H,3-5,7-8,10-11,13H2,1-2H3,(H2,18,19,20). The Labute approximate surface area is 138 Å². The lowest BCUT2D eigenvalue weighted by Gasteiger charge is -2.24. The van der Waals surface area contributed by atoms with Gasteiger partial charge >= 0.3 is 0 Å². The first-order chi connectivity index (χ1) is 10.8. The van der Waals surface area contributed by atoms with E-state index in [9.17, 15) is 0 Å². The van der Waals surface area contributed by atoms with Crippen LogP contribution in [0.25, 0.3) is 0 Å². The summed E-state index contributed by atoms with van der Waals surface area (Å²) in [6.07, 6.45) is 6.84. The molecule has 5 heteroatoms. The molecular weight excluding hydrogens is 294 g/mol. The van der Waals surface area contributed by atoms with Gasteiger partial charge in [0.05, 0.1) is 12.6 Å². The Hall–Kier alpha value is -1.07. The highest BCUT2D eigenvalue weighted by Gasteiger charge is 2.24. The fourth-order valence-electron chi connectivity index (χ4n) is 3.14. The number of hydrogen-bond donors (Lipinski definition) is 2. The van der Waals surface area contributed by atoms with Gasteiger partial charge in [-0.1, -0.05) is 18.9 Å². The molecule has 2 rings (SSSR count). The van der Waals surface area contributed by atoms with Crippen LogP contribution < -0.4 is 10.6 Å². The van der Waals surface area contributed by atoms with Gasteiger partial charge < -0.3 is 15.4 Å². The van der Waals surface area contributed by atoms with Crippen LogP contribution in [0.3, 0.4) is 0 Å². The van der Waals surface area contributed by atoms with E-state index in [2.05, 4.69) is 40.1 Å². The first kappa shape index (κ1) is 17.3. The predicted octanol–water partition coefficient (Wildman–Crippen LogP) is 3.40. The van der Waals surface area contributed by atoms with Gasteiger partial charge in [0.2, 0.25) is 0 Å². The van der Waals surface area contributed by atoms with Gasteiger partial charge in [0, 0.05) is 25.1 Å². The number of guanidine groups is 1. The second kappa shape index (κ2) is 9.85. The zero-order valence-electron chi connectivity index (χ0n) is 13.8. The second-order valence-corrected chi connectivity index (χ2v) is 6.79. The highest BCUT2D eigenvalue weighted by atomic mass is 32.1. The smallest absolute Gasteiger partial charge is 0.191 e. The van der Waals surface area contributed by atoms with Crippen molar-refractivity contribution in [3.05, 3.63) is 22.4 Å². The van der Waals surface area contributed by atoms with E-state index in [1.54, 1.807) is 11.3 Å². The average Bonchev–Trinajstić information content (AvgIpc) is 3.22. The van der Waals surface area contributed by atoms with E-state index in [1.165, 1.54) is 30.6 Å². The minimum Gasteiger partial charge on any atom is -0.378 e. The number of nitrogens with one attached hydrogen (secondary N) is 2. The molecule has 1 unspecified atom stereocenters. The third-order valence-corrected chi connectivity index (χ3v) is 5.14. The summed E-state index contributed by atoms with van der Waals surface area (Å²) < 4.78 is 5.96. The third kappa shape index (κ3) is 5.61. The van der Waals surface area contributed by atoms with Crippen molar-refractivity contribution in [1.29, 1.82) is 0 Å². The van der Waals surface area contributed by atoms with Gasteiger partial charge in [-0.15, -0.1) is 11.3 Å². The van der Waals surface area contributed by atoms with Crippen molar-refractivity contribution in [3.63, 3.8) is 0 Å². The molecule has 4 nitrogen and oxygen atoms in total. The Bertz CT molecular complexity index is 427. The minimum atomic E-state index is 0.399. The largest absolute Gasteiger partial charge is 0.378 e. The van der Waals surface area contributed by atoms with E-state index >= 15 is 0 Å². The lowest BCUT2D eigenvalue weighted by atomic mass is 9.98. The molecule has 2 N–H and O–H groups in total. The van der Waals surface area contributed by atoms with E-state index in [1.807, 2.05) is 7.05 Å². The molecule has 124 valence electrons. The molecule has 0 radical (unpaired) electrons. The summed E-state index contributed by atoms with van der Waals surface area (Å²) in [5.41, 5.74) is 0. The third-order valence-electron chi connectivity index (χ3n) is 4.26. The molecule has 0 saturated heterocycles. The van der Waals surface area contributed by atoms with Crippen molar-refractivity contribution in [2.45, 2.75) is 51.7 Å².